The van der Waals surface area contributed by atoms with Crippen LogP contribution < -0.4 is 9.47 Å². The lowest BCUT2D eigenvalue weighted by Gasteiger charge is -2.74. The van der Waals surface area contributed by atoms with Crippen LogP contribution >= 0.6 is 23.3 Å². The predicted octanol–water partition coefficient (Wildman–Crippen LogP) is 4.87. The van der Waals surface area contributed by atoms with E-state index < -0.39 is 0 Å². The summed E-state index contributed by atoms with van der Waals surface area (Å²) >= 11 is 3.40. The lowest BCUT2D eigenvalue weighted by atomic mass is 9.35. The third kappa shape index (κ3) is 2.67. The number of aryl methyl sites for hydroxylation is 1. The fraction of sp³-hybridized carbons (Fsp3) is 0.714. The maximum Gasteiger partial charge on any atom is 0.170 e. The quantitative estimate of drug-likeness (QED) is 0.478. The predicted molar refractivity (Wildman–Crippen MR) is 140 cm³/mol. The van der Waals surface area contributed by atoms with Gasteiger partial charge in [0.15, 0.2) is 15.8 Å². The molecule has 6 atom stereocenters. The number of thioether (sulfide) groups is 1. The molecule has 8 heteroatoms. The van der Waals surface area contributed by atoms with Gasteiger partial charge in [-0.25, -0.2) is 4.98 Å². The van der Waals surface area contributed by atoms with Crippen molar-refractivity contribution in [2.24, 2.45) is 17.3 Å². The van der Waals surface area contributed by atoms with E-state index in [4.69, 9.17) is 14.2 Å². The molecule has 0 N–H and O–H groups in total. The Balaban J connectivity index is 1.27. The number of benzene rings is 1. The van der Waals surface area contributed by atoms with Crippen LogP contribution in [0, 0.1) is 24.2 Å². The highest BCUT2D eigenvalue weighted by molar-refractivity contribution is 8.00. The van der Waals surface area contributed by atoms with E-state index >= 15 is 0 Å². The number of methoxy groups -OCH3 is 2. The second-order valence-corrected chi connectivity index (χ2v) is 14.2. The van der Waals surface area contributed by atoms with Gasteiger partial charge in [-0.05, 0) is 87.5 Å². The topological polar surface area (TPSA) is 56.7 Å². The van der Waals surface area contributed by atoms with Gasteiger partial charge in [0.05, 0.1) is 7.11 Å². The molecular weight excluding hydrogens is 490 g/mol. The molecule has 1 aromatic carbocycles. The standard InChI is InChI=1S/C28H35N3O3S2/c1-16-29-25(36-30-16)35-15-19-13-26-8-9-28(19,33-3)24-27(26)10-11-31(14-17-4-5-17)21(26)12-18-6-7-20(32-2)23(34-24)22(18)27/h6-7,17,19,21,24H,4-5,8-15H2,1-3H3/t19?,21?,24?,26?,27-,28?/m0/s1. The maximum atomic E-state index is 7.14. The first-order chi connectivity index (χ1) is 17.5. The van der Waals surface area contributed by atoms with E-state index in [9.17, 15) is 0 Å². The number of nitrogens with zero attached hydrogens (tertiary/aromatic N) is 3. The molecule has 3 heterocycles. The number of aromatic nitrogens is 2. The molecule has 2 spiro atoms. The van der Waals surface area contributed by atoms with E-state index in [1.165, 1.54) is 67.9 Å². The van der Waals surface area contributed by atoms with Crippen molar-refractivity contribution in [1.29, 1.82) is 0 Å². The van der Waals surface area contributed by atoms with Crippen LogP contribution in [0.4, 0.5) is 0 Å². The molecule has 1 aromatic heterocycles. The third-order valence-corrected chi connectivity index (χ3v) is 13.0. The van der Waals surface area contributed by atoms with Gasteiger partial charge in [-0.1, -0.05) is 17.8 Å². The molecule has 5 unspecified atom stereocenters. The molecule has 2 aromatic rings. The zero-order valence-corrected chi connectivity index (χ0v) is 23.1. The van der Waals surface area contributed by atoms with Crippen molar-refractivity contribution in [3.8, 4) is 11.5 Å². The molecule has 7 aliphatic rings. The smallest absolute Gasteiger partial charge is 0.170 e. The second-order valence-electron chi connectivity index (χ2n) is 12.1. The normalized spacial score (nSPS) is 39.7. The van der Waals surface area contributed by atoms with Crippen molar-refractivity contribution in [2.45, 2.75) is 79.4 Å². The minimum atomic E-state index is -0.281. The molecule has 5 fully saturated rings. The Morgan fingerprint density at radius 3 is 2.86 bits per heavy atom. The summed E-state index contributed by atoms with van der Waals surface area (Å²) in [5.41, 5.74) is 2.97. The lowest BCUT2D eigenvalue weighted by Crippen LogP contribution is -2.81. The van der Waals surface area contributed by atoms with Crippen molar-refractivity contribution in [2.75, 3.05) is 33.1 Å². The van der Waals surface area contributed by atoms with Gasteiger partial charge in [0.1, 0.15) is 17.5 Å². The summed E-state index contributed by atoms with van der Waals surface area (Å²) in [5, 5.41) is 0. The lowest BCUT2D eigenvalue weighted by molar-refractivity contribution is -0.273. The zero-order valence-electron chi connectivity index (χ0n) is 21.4. The Hall–Kier alpha value is -1.35. The van der Waals surface area contributed by atoms with Crippen LogP contribution in [0.2, 0.25) is 0 Å². The number of piperidine rings is 1. The monoisotopic (exact) mass is 525 g/mol. The van der Waals surface area contributed by atoms with E-state index in [-0.39, 0.29) is 22.5 Å². The summed E-state index contributed by atoms with van der Waals surface area (Å²) in [6, 6.07) is 5.09. The highest BCUT2D eigenvalue weighted by atomic mass is 32.2. The number of ether oxygens (including phenoxy) is 3. The zero-order chi connectivity index (χ0) is 24.3. The molecule has 4 saturated carbocycles. The van der Waals surface area contributed by atoms with E-state index in [0.29, 0.717) is 12.0 Å². The molecule has 4 bridgehead atoms. The van der Waals surface area contributed by atoms with Gasteiger partial charge in [-0.15, -0.1) is 0 Å². The summed E-state index contributed by atoms with van der Waals surface area (Å²) in [4.78, 5) is 7.57. The van der Waals surface area contributed by atoms with Crippen LogP contribution in [-0.2, 0) is 16.6 Å². The van der Waals surface area contributed by atoms with Crippen LogP contribution in [0.3, 0.4) is 0 Å². The van der Waals surface area contributed by atoms with Crippen molar-refractivity contribution in [3.63, 3.8) is 0 Å². The van der Waals surface area contributed by atoms with Gasteiger partial charge >= 0.3 is 0 Å². The Kier molecular flexibility index (Phi) is 4.78. The Morgan fingerprint density at radius 2 is 2.11 bits per heavy atom. The molecule has 1 saturated heterocycles. The molecule has 5 aliphatic carbocycles. The average Bonchev–Trinajstić information content (AvgIpc) is 3.49. The summed E-state index contributed by atoms with van der Waals surface area (Å²) in [5.74, 6) is 5.14. The van der Waals surface area contributed by atoms with Gasteiger partial charge in [-0.3, -0.25) is 4.90 Å². The second kappa shape index (κ2) is 7.61. The number of hydrogen-bond donors (Lipinski definition) is 0. The first-order valence-electron chi connectivity index (χ1n) is 13.6. The van der Waals surface area contributed by atoms with E-state index in [1.807, 2.05) is 25.8 Å². The minimum absolute atomic E-state index is 0.0317. The Labute approximate surface area is 221 Å². The molecule has 192 valence electrons. The van der Waals surface area contributed by atoms with Gasteiger partial charge in [0.2, 0.25) is 0 Å². The summed E-state index contributed by atoms with van der Waals surface area (Å²) in [6.45, 7) is 4.45. The van der Waals surface area contributed by atoms with Gasteiger partial charge < -0.3 is 14.2 Å². The molecule has 36 heavy (non-hydrogen) atoms. The summed E-state index contributed by atoms with van der Waals surface area (Å²) < 4.78 is 25.2. The highest BCUT2D eigenvalue weighted by Crippen LogP contribution is 2.77. The van der Waals surface area contributed by atoms with Crippen molar-refractivity contribution in [3.05, 3.63) is 29.1 Å². The molecule has 2 aliphatic heterocycles. The first-order valence-corrected chi connectivity index (χ1v) is 15.4. The fourth-order valence-corrected chi connectivity index (χ4v) is 11.3. The molecule has 9 rings (SSSR count). The third-order valence-electron chi connectivity index (χ3n) is 10.9. The largest absolute Gasteiger partial charge is 0.493 e. The van der Waals surface area contributed by atoms with Crippen molar-refractivity contribution < 1.29 is 14.2 Å². The van der Waals surface area contributed by atoms with Gasteiger partial charge in [-0.2, -0.15) is 4.37 Å². The first kappa shape index (κ1) is 22.6. The number of rotatable bonds is 7. The van der Waals surface area contributed by atoms with Crippen LogP contribution in [-0.4, -0.2) is 65.1 Å². The van der Waals surface area contributed by atoms with Crippen LogP contribution in [0.15, 0.2) is 16.5 Å². The summed E-state index contributed by atoms with van der Waals surface area (Å²) in [6.07, 6.45) is 8.73. The van der Waals surface area contributed by atoms with Crippen molar-refractivity contribution in [1.82, 2.24) is 14.3 Å². The number of fused-ring (bicyclic) bond motifs is 2. The summed E-state index contributed by atoms with van der Waals surface area (Å²) in [7, 11) is 3.72. The van der Waals surface area contributed by atoms with E-state index in [2.05, 4.69) is 26.4 Å². The Bertz CT molecular complexity index is 1230. The van der Waals surface area contributed by atoms with E-state index in [0.717, 1.165) is 46.2 Å². The van der Waals surface area contributed by atoms with E-state index in [1.54, 1.807) is 7.11 Å². The van der Waals surface area contributed by atoms with Gasteiger partial charge in [0, 0.05) is 47.8 Å². The fourth-order valence-electron chi connectivity index (χ4n) is 9.40. The maximum absolute atomic E-state index is 7.14. The SMILES string of the molecule is COc1ccc2c3c1OC1C4(OC)CCC5(CC4CSc4nc(C)ns4)C(C2)N(CC2CC2)CC[C@]315. The van der Waals surface area contributed by atoms with Gasteiger partial charge in [0.25, 0.3) is 0 Å². The Morgan fingerprint density at radius 1 is 1.22 bits per heavy atom. The molecule has 0 radical (unpaired) electrons. The molecule has 0 amide bonds. The van der Waals surface area contributed by atoms with Crippen molar-refractivity contribution >= 4 is 23.3 Å². The number of hydrogen-bond acceptors (Lipinski definition) is 8. The number of likely N-dealkylation sites (tertiary alicyclic amines) is 1. The molecular formula is C28H35N3O3S2. The van der Waals surface area contributed by atoms with Crippen LogP contribution in [0.25, 0.3) is 0 Å². The average molecular weight is 526 g/mol. The van der Waals surface area contributed by atoms with Crippen LogP contribution in [0.5, 0.6) is 11.5 Å². The molecule has 6 nitrogen and oxygen atoms in total. The van der Waals surface area contributed by atoms with Crippen LogP contribution in [0.1, 0.15) is 55.5 Å². The minimum Gasteiger partial charge on any atom is -0.493 e. The highest BCUT2D eigenvalue weighted by Gasteiger charge is 2.80.